The highest BCUT2D eigenvalue weighted by Gasteiger charge is 2.17. The molecule has 1 atom stereocenters. The van der Waals surface area contributed by atoms with Crippen LogP contribution in [-0.4, -0.2) is 27.2 Å². The zero-order chi connectivity index (χ0) is 16.4. The van der Waals surface area contributed by atoms with Crippen molar-refractivity contribution < 1.29 is 0 Å². The third kappa shape index (κ3) is 2.83. The van der Waals surface area contributed by atoms with Crippen LogP contribution < -0.4 is 0 Å². The van der Waals surface area contributed by atoms with E-state index in [1.807, 2.05) is 42.5 Å². The van der Waals surface area contributed by atoms with E-state index in [-0.39, 0.29) is 0 Å². The zero-order valence-corrected chi connectivity index (χ0v) is 13.6. The number of hydrogen-bond acceptors (Lipinski definition) is 4. The third-order valence-corrected chi connectivity index (χ3v) is 4.11. The van der Waals surface area contributed by atoms with Crippen molar-refractivity contribution in [2.45, 2.75) is 13.3 Å². The Bertz CT molecular complexity index is 929. The lowest BCUT2D eigenvalue weighted by molar-refractivity contribution is 0.611. The first kappa shape index (κ1) is 14.7. The molecule has 3 aromatic rings. The van der Waals surface area contributed by atoms with Gasteiger partial charge in [0.05, 0.1) is 22.4 Å². The van der Waals surface area contributed by atoms with Crippen molar-refractivity contribution in [1.82, 2.24) is 15.0 Å². The molecule has 0 saturated heterocycles. The van der Waals surface area contributed by atoms with Crippen molar-refractivity contribution >= 4 is 16.7 Å². The van der Waals surface area contributed by atoms with Gasteiger partial charge >= 0.3 is 0 Å². The molecule has 4 rings (SSSR count). The molecule has 0 bridgehead atoms. The molecule has 4 heteroatoms. The summed E-state index contributed by atoms with van der Waals surface area (Å²) in [5.41, 5.74) is 5.04. The van der Waals surface area contributed by atoms with Crippen LogP contribution in [0.4, 0.5) is 0 Å². The number of pyridine rings is 1. The largest absolute Gasteiger partial charge is 0.283 e. The maximum Gasteiger partial charge on any atom is 0.117 e. The number of fused-ring (bicyclic) bond motifs is 1. The van der Waals surface area contributed by atoms with E-state index >= 15 is 0 Å². The molecule has 118 valence electrons. The van der Waals surface area contributed by atoms with Gasteiger partial charge in [0.15, 0.2) is 0 Å². The van der Waals surface area contributed by atoms with Crippen molar-refractivity contribution in [2.24, 2.45) is 10.9 Å². The Hall–Kier alpha value is -2.88. The number of aliphatic imine (C=N–C) groups is 1. The summed E-state index contributed by atoms with van der Waals surface area (Å²) in [6.07, 6.45) is 7.06. The van der Waals surface area contributed by atoms with Crippen LogP contribution in [0.5, 0.6) is 0 Å². The lowest BCUT2D eigenvalue weighted by atomic mass is 10.1. The molecule has 3 heterocycles. The Balaban J connectivity index is 1.95. The van der Waals surface area contributed by atoms with Crippen LogP contribution >= 0.6 is 0 Å². The Morgan fingerprint density at radius 2 is 1.67 bits per heavy atom. The van der Waals surface area contributed by atoms with E-state index in [9.17, 15) is 0 Å². The van der Waals surface area contributed by atoms with Crippen LogP contribution in [-0.2, 0) is 0 Å². The van der Waals surface area contributed by atoms with Crippen LogP contribution in [0.2, 0.25) is 0 Å². The second kappa shape index (κ2) is 6.32. The van der Waals surface area contributed by atoms with Crippen molar-refractivity contribution in [3.8, 4) is 11.4 Å². The highest BCUT2D eigenvalue weighted by Crippen LogP contribution is 2.23. The first-order chi connectivity index (χ1) is 11.8. The second-order valence-electron chi connectivity index (χ2n) is 6.09. The number of nitrogens with zero attached hydrogens (tertiary/aromatic N) is 4. The van der Waals surface area contributed by atoms with E-state index in [1.54, 1.807) is 6.20 Å². The maximum absolute atomic E-state index is 4.86. The molecule has 0 radical (unpaired) electrons. The molecule has 1 aliphatic rings. The first-order valence-corrected chi connectivity index (χ1v) is 8.21. The minimum absolute atomic E-state index is 0.547. The summed E-state index contributed by atoms with van der Waals surface area (Å²) >= 11 is 0. The quantitative estimate of drug-likeness (QED) is 0.716. The van der Waals surface area contributed by atoms with Gasteiger partial charge in [0.2, 0.25) is 0 Å². The SMILES string of the molecule is CC1CC=CC(c2nc3ccccc3nc2-c2ccccn2)=NC1. The van der Waals surface area contributed by atoms with Gasteiger partial charge in [-0.25, -0.2) is 9.97 Å². The van der Waals surface area contributed by atoms with Gasteiger partial charge in [-0.05, 0) is 42.7 Å². The van der Waals surface area contributed by atoms with E-state index in [4.69, 9.17) is 15.0 Å². The second-order valence-corrected chi connectivity index (χ2v) is 6.09. The van der Waals surface area contributed by atoms with E-state index in [0.29, 0.717) is 5.92 Å². The Labute approximate surface area is 141 Å². The third-order valence-electron chi connectivity index (χ3n) is 4.11. The predicted octanol–water partition coefficient (Wildman–Crippen LogP) is 4.08. The molecule has 1 aromatic carbocycles. The average molecular weight is 314 g/mol. The highest BCUT2D eigenvalue weighted by atomic mass is 14.9. The van der Waals surface area contributed by atoms with E-state index < -0.39 is 0 Å². The average Bonchev–Trinajstić information content (AvgIpc) is 2.86. The normalized spacial score (nSPS) is 17.5. The maximum atomic E-state index is 4.86. The minimum atomic E-state index is 0.547. The van der Waals surface area contributed by atoms with Crippen molar-refractivity contribution in [1.29, 1.82) is 0 Å². The molecule has 0 spiro atoms. The molecular weight excluding hydrogens is 296 g/mol. The Morgan fingerprint density at radius 3 is 2.42 bits per heavy atom. The summed E-state index contributed by atoms with van der Waals surface area (Å²) in [6.45, 7) is 3.01. The van der Waals surface area contributed by atoms with Gasteiger partial charge in [-0.3, -0.25) is 9.98 Å². The lowest BCUT2D eigenvalue weighted by Gasteiger charge is -2.10. The lowest BCUT2D eigenvalue weighted by Crippen LogP contribution is -2.07. The molecule has 0 amide bonds. The van der Waals surface area contributed by atoms with Crippen molar-refractivity contribution in [3.05, 3.63) is 66.5 Å². The topological polar surface area (TPSA) is 51.0 Å². The first-order valence-electron chi connectivity index (χ1n) is 8.21. The van der Waals surface area contributed by atoms with Gasteiger partial charge in [-0.15, -0.1) is 0 Å². The number of hydrogen-bond donors (Lipinski definition) is 0. The number of benzene rings is 1. The van der Waals surface area contributed by atoms with Crippen LogP contribution in [0.15, 0.2) is 65.8 Å². The molecule has 0 N–H and O–H groups in total. The Morgan fingerprint density at radius 1 is 0.917 bits per heavy atom. The smallest absolute Gasteiger partial charge is 0.117 e. The van der Waals surface area contributed by atoms with E-state index in [1.165, 1.54) is 0 Å². The van der Waals surface area contributed by atoms with Crippen LogP contribution in [0.1, 0.15) is 19.0 Å². The molecule has 1 aliphatic heterocycles. The summed E-state index contributed by atoms with van der Waals surface area (Å²) in [5.74, 6) is 0.547. The van der Waals surface area contributed by atoms with Gasteiger partial charge in [0.1, 0.15) is 11.4 Å². The fourth-order valence-corrected chi connectivity index (χ4v) is 2.81. The summed E-state index contributed by atoms with van der Waals surface area (Å²) < 4.78 is 0. The summed E-state index contributed by atoms with van der Waals surface area (Å²) in [4.78, 5) is 18.9. The number of rotatable bonds is 2. The summed E-state index contributed by atoms with van der Waals surface area (Å²) in [5, 5.41) is 0. The van der Waals surface area contributed by atoms with Crippen LogP contribution in [0.25, 0.3) is 22.4 Å². The van der Waals surface area contributed by atoms with Crippen LogP contribution in [0.3, 0.4) is 0 Å². The van der Waals surface area contributed by atoms with Crippen molar-refractivity contribution in [3.63, 3.8) is 0 Å². The molecule has 24 heavy (non-hydrogen) atoms. The van der Waals surface area contributed by atoms with Crippen LogP contribution in [0, 0.1) is 5.92 Å². The number of aromatic nitrogens is 3. The molecule has 0 saturated carbocycles. The van der Waals surface area contributed by atoms with Gasteiger partial charge in [0, 0.05) is 12.7 Å². The fourth-order valence-electron chi connectivity index (χ4n) is 2.81. The van der Waals surface area contributed by atoms with Gasteiger partial charge in [-0.1, -0.05) is 31.2 Å². The molecular formula is C20H18N4. The highest BCUT2D eigenvalue weighted by molar-refractivity contribution is 6.11. The van der Waals surface area contributed by atoms with E-state index in [0.717, 1.165) is 46.8 Å². The molecule has 0 fully saturated rings. The summed E-state index contributed by atoms with van der Waals surface area (Å²) in [7, 11) is 0. The van der Waals surface area contributed by atoms with Crippen molar-refractivity contribution in [2.75, 3.05) is 6.54 Å². The minimum Gasteiger partial charge on any atom is -0.283 e. The predicted molar refractivity (Wildman–Crippen MR) is 97.1 cm³/mol. The number of allylic oxidation sites excluding steroid dienone is 2. The standard InChI is InChI=1S/C20H18N4/c1-14-7-6-11-18(22-13-14)20-19(17-10-4-5-12-21-17)23-15-8-2-3-9-16(15)24-20/h2-6,8-12,14H,7,13H2,1H3. The monoisotopic (exact) mass is 314 g/mol. The van der Waals surface area contributed by atoms with Gasteiger partial charge in [-0.2, -0.15) is 0 Å². The molecule has 2 aromatic heterocycles. The van der Waals surface area contributed by atoms with E-state index in [2.05, 4.69) is 24.1 Å². The molecule has 0 aliphatic carbocycles. The Kier molecular flexibility index (Phi) is 3.87. The zero-order valence-electron chi connectivity index (χ0n) is 13.6. The summed E-state index contributed by atoms with van der Waals surface area (Å²) in [6, 6.07) is 13.8. The fraction of sp³-hybridized carbons (Fsp3) is 0.200. The molecule has 4 nitrogen and oxygen atoms in total. The van der Waals surface area contributed by atoms with Gasteiger partial charge in [0.25, 0.3) is 0 Å². The van der Waals surface area contributed by atoms with Gasteiger partial charge < -0.3 is 0 Å². The molecule has 1 unspecified atom stereocenters. The number of para-hydroxylation sites is 2.